The maximum Gasteiger partial charge on any atom is 0.0217 e. The van der Waals surface area contributed by atoms with Crippen LogP contribution >= 0.6 is 21.6 Å². The highest BCUT2D eigenvalue weighted by Crippen LogP contribution is 2.21. The highest BCUT2D eigenvalue weighted by Gasteiger charge is 1.94. The van der Waals surface area contributed by atoms with Gasteiger partial charge in [-0.1, -0.05) is 86.4 Å². The molecule has 0 heterocycles. The van der Waals surface area contributed by atoms with Crippen LogP contribution in [-0.2, 0) is 0 Å². The standard InChI is InChI=1S/C16H30S2/c1-5-15(3)11-7-9-13-17-18-14-10-8-12-16(4)6-2/h7-10,15-16H,5-6,11-14H2,1-4H3/b9-7+,10-8+. The molecule has 0 aliphatic heterocycles. The topological polar surface area (TPSA) is 0 Å². The summed E-state index contributed by atoms with van der Waals surface area (Å²) >= 11 is 0. The van der Waals surface area contributed by atoms with Crippen molar-refractivity contribution < 1.29 is 0 Å². The molecule has 0 aliphatic carbocycles. The molecule has 0 radical (unpaired) electrons. The van der Waals surface area contributed by atoms with Crippen LogP contribution in [0.3, 0.4) is 0 Å². The minimum atomic E-state index is 0.836. The lowest BCUT2D eigenvalue weighted by atomic mass is 10.1. The Kier molecular flexibility index (Phi) is 13.7. The Morgan fingerprint density at radius 3 is 1.44 bits per heavy atom. The van der Waals surface area contributed by atoms with Crippen molar-refractivity contribution in [3.8, 4) is 0 Å². The molecular weight excluding hydrogens is 256 g/mol. The minimum Gasteiger partial charge on any atom is -0.0897 e. The fraction of sp³-hybridized carbons (Fsp3) is 0.750. The van der Waals surface area contributed by atoms with Crippen molar-refractivity contribution in [1.29, 1.82) is 0 Å². The molecule has 0 bridgehead atoms. The first kappa shape index (κ1) is 18.2. The second-order valence-corrected chi connectivity index (χ2v) is 7.56. The van der Waals surface area contributed by atoms with Crippen molar-refractivity contribution >= 4 is 21.6 Å². The summed E-state index contributed by atoms with van der Waals surface area (Å²) in [7, 11) is 3.91. The van der Waals surface area contributed by atoms with E-state index in [2.05, 4.69) is 52.0 Å². The lowest BCUT2D eigenvalue weighted by molar-refractivity contribution is 0.572. The fourth-order valence-electron chi connectivity index (χ4n) is 1.30. The van der Waals surface area contributed by atoms with Crippen LogP contribution < -0.4 is 0 Å². The molecule has 0 amide bonds. The van der Waals surface area contributed by atoms with Crippen LogP contribution in [0.1, 0.15) is 53.4 Å². The van der Waals surface area contributed by atoms with Gasteiger partial charge in [0.2, 0.25) is 0 Å². The molecule has 2 heteroatoms. The van der Waals surface area contributed by atoms with Crippen LogP contribution in [-0.4, -0.2) is 11.5 Å². The maximum atomic E-state index is 2.33. The van der Waals surface area contributed by atoms with Crippen LogP contribution in [0.4, 0.5) is 0 Å². The van der Waals surface area contributed by atoms with Crippen molar-refractivity contribution in [1.82, 2.24) is 0 Å². The predicted octanol–water partition coefficient (Wildman–Crippen LogP) is 6.35. The first-order chi connectivity index (χ1) is 8.70. The molecule has 0 aliphatic rings. The molecule has 106 valence electrons. The fourth-order valence-corrected chi connectivity index (χ4v) is 2.97. The van der Waals surface area contributed by atoms with Crippen molar-refractivity contribution in [3.63, 3.8) is 0 Å². The maximum absolute atomic E-state index is 2.33. The lowest BCUT2D eigenvalue weighted by Gasteiger charge is -2.02. The summed E-state index contributed by atoms with van der Waals surface area (Å²) in [5.41, 5.74) is 0. The Labute approximate surface area is 122 Å². The van der Waals surface area contributed by atoms with Gasteiger partial charge >= 0.3 is 0 Å². The Balaban J connectivity index is 3.30. The average molecular weight is 287 g/mol. The molecule has 2 unspecified atom stereocenters. The summed E-state index contributed by atoms with van der Waals surface area (Å²) in [6, 6.07) is 0. The number of rotatable bonds is 11. The number of hydrogen-bond donors (Lipinski definition) is 0. The van der Waals surface area contributed by atoms with Crippen LogP contribution in [0.2, 0.25) is 0 Å². The Morgan fingerprint density at radius 1 is 0.722 bits per heavy atom. The molecule has 0 saturated carbocycles. The third-order valence-corrected chi connectivity index (χ3v) is 5.36. The van der Waals surface area contributed by atoms with Crippen molar-refractivity contribution in [2.24, 2.45) is 11.8 Å². The zero-order chi connectivity index (χ0) is 13.6. The van der Waals surface area contributed by atoms with E-state index in [1.165, 1.54) is 25.7 Å². The van der Waals surface area contributed by atoms with Gasteiger partial charge in [-0.15, -0.1) is 0 Å². The lowest BCUT2D eigenvalue weighted by Crippen LogP contribution is -1.88. The summed E-state index contributed by atoms with van der Waals surface area (Å²) in [4.78, 5) is 0. The normalized spacial score (nSPS) is 15.6. The smallest absolute Gasteiger partial charge is 0.0217 e. The van der Waals surface area contributed by atoms with Crippen LogP contribution in [0, 0.1) is 11.8 Å². The summed E-state index contributed by atoms with van der Waals surface area (Å²) < 4.78 is 0. The number of allylic oxidation sites excluding steroid dienone is 2. The zero-order valence-corrected chi connectivity index (χ0v) is 14.2. The van der Waals surface area contributed by atoms with Crippen LogP contribution in [0.5, 0.6) is 0 Å². The van der Waals surface area contributed by atoms with E-state index in [0.29, 0.717) is 0 Å². The minimum absolute atomic E-state index is 0.836. The van der Waals surface area contributed by atoms with E-state index < -0.39 is 0 Å². The summed E-state index contributed by atoms with van der Waals surface area (Å²) in [5, 5.41) is 0. The van der Waals surface area contributed by atoms with Gasteiger partial charge in [-0.2, -0.15) is 0 Å². The molecule has 18 heavy (non-hydrogen) atoms. The van der Waals surface area contributed by atoms with Gasteiger partial charge in [0.25, 0.3) is 0 Å². The Hall–Kier alpha value is 0.180. The zero-order valence-electron chi connectivity index (χ0n) is 12.5. The van der Waals surface area contributed by atoms with E-state index in [0.717, 1.165) is 23.3 Å². The molecule has 0 saturated heterocycles. The third-order valence-electron chi connectivity index (χ3n) is 3.22. The average Bonchev–Trinajstić information content (AvgIpc) is 2.40. The first-order valence-electron chi connectivity index (χ1n) is 7.25. The van der Waals surface area contributed by atoms with Crippen molar-refractivity contribution in [3.05, 3.63) is 24.3 Å². The Bertz CT molecular complexity index is 197. The second kappa shape index (κ2) is 13.6. The molecule has 0 N–H and O–H groups in total. The van der Waals surface area contributed by atoms with Crippen LogP contribution in [0.25, 0.3) is 0 Å². The van der Waals surface area contributed by atoms with Crippen molar-refractivity contribution in [2.75, 3.05) is 11.5 Å². The quantitative estimate of drug-likeness (QED) is 0.246. The molecule has 0 spiro atoms. The van der Waals surface area contributed by atoms with Gasteiger partial charge in [0.05, 0.1) is 0 Å². The van der Waals surface area contributed by atoms with Gasteiger partial charge in [0, 0.05) is 11.5 Å². The van der Waals surface area contributed by atoms with Gasteiger partial charge in [-0.3, -0.25) is 0 Å². The SMILES string of the molecule is CCC(C)C/C=C/CSSC/C=C/CC(C)CC. The van der Waals surface area contributed by atoms with Gasteiger partial charge in [0.15, 0.2) is 0 Å². The van der Waals surface area contributed by atoms with Gasteiger partial charge in [-0.25, -0.2) is 0 Å². The monoisotopic (exact) mass is 286 g/mol. The van der Waals surface area contributed by atoms with Crippen LogP contribution in [0.15, 0.2) is 24.3 Å². The van der Waals surface area contributed by atoms with E-state index in [1.54, 1.807) is 0 Å². The highest BCUT2D eigenvalue weighted by atomic mass is 33.1. The van der Waals surface area contributed by atoms with Gasteiger partial charge < -0.3 is 0 Å². The summed E-state index contributed by atoms with van der Waals surface area (Å²) in [6.45, 7) is 9.15. The summed E-state index contributed by atoms with van der Waals surface area (Å²) in [6.07, 6.45) is 14.3. The van der Waals surface area contributed by atoms with Crippen molar-refractivity contribution in [2.45, 2.75) is 53.4 Å². The summed E-state index contributed by atoms with van der Waals surface area (Å²) in [5.74, 6) is 3.95. The van der Waals surface area contributed by atoms with E-state index in [1.807, 2.05) is 21.6 Å². The molecule has 0 rings (SSSR count). The van der Waals surface area contributed by atoms with E-state index >= 15 is 0 Å². The van der Waals surface area contributed by atoms with E-state index in [9.17, 15) is 0 Å². The molecule has 0 fully saturated rings. The number of hydrogen-bond acceptors (Lipinski definition) is 2. The molecular formula is C16H30S2. The highest BCUT2D eigenvalue weighted by molar-refractivity contribution is 8.76. The second-order valence-electron chi connectivity index (χ2n) is 5.01. The van der Waals surface area contributed by atoms with Gasteiger partial charge in [0.1, 0.15) is 0 Å². The first-order valence-corrected chi connectivity index (χ1v) is 9.73. The van der Waals surface area contributed by atoms with Gasteiger partial charge in [-0.05, 0) is 24.7 Å². The molecule has 0 aromatic heterocycles. The Morgan fingerprint density at radius 2 is 1.11 bits per heavy atom. The van der Waals surface area contributed by atoms with E-state index in [-0.39, 0.29) is 0 Å². The predicted molar refractivity (Wildman–Crippen MR) is 91.3 cm³/mol. The molecule has 0 nitrogen and oxygen atoms in total. The molecule has 0 aromatic carbocycles. The third kappa shape index (κ3) is 12.6. The largest absolute Gasteiger partial charge is 0.0897 e. The van der Waals surface area contributed by atoms with E-state index in [4.69, 9.17) is 0 Å². The molecule has 0 aromatic rings. The molecule has 2 atom stereocenters.